The van der Waals surface area contributed by atoms with E-state index in [9.17, 15) is 0 Å². The van der Waals surface area contributed by atoms with Crippen molar-refractivity contribution in [2.75, 3.05) is 20.1 Å². The Morgan fingerprint density at radius 2 is 2.10 bits per heavy atom. The fourth-order valence-electron chi connectivity index (χ4n) is 1.08. The molecule has 1 unspecified atom stereocenters. The summed E-state index contributed by atoms with van der Waals surface area (Å²) in [6.07, 6.45) is 5.39. The smallest absolute Gasteiger partial charge is 0.133 e. The lowest BCUT2D eigenvalue weighted by Crippen LogP contribution is -2.41. The molecule has 1 heteroatoms. The molecule has 0 N–H and O–H groups in total. The topological polar surface area (TPSA) is 0 Å². The van der Waals surface area contributed by atoms with E-state index in [1.807, 2.05) is 0 Å². The summed E-state index contributed by atoms with van der Waals surface area (Å²) in [6, 6.07) is 2.80. The summed E-state index contributed by atoms with van der Waals surface area (Å²) in [5, 5.41) is 0. The molecule has 0 bridgehead atoms. The highest BCUT2D eigenvalue weighted by Crippen LogP contribution is 2.04. The van der Waals surface area contributed by atoms with Gasteiger partial charge >= 0.3 is 0 Å². The van der Waals surface area contributed by atoms with E-state index in [2.05, 4.69) is 33.9 Å². The third-order valence-electron chi connectivity index (χ3n) is 1.78. The first kappa shape index (κ1) is 9.52. The average Bonchev–Trinajstić information content (AvgIpc) is 1.87. The van der Waals surface area contributed by atoms with Crippen LogP contribution in [-0.2, 0) is 0 Å². The van der Waals surface area contributed by atoms with Crippen molar-refractivity contribution in [3.05, 3.63) is 0 Å². The number of hydrogen-bond donors (Lipinski definition) is 0. The first-order valence-electron chi connectivity index (χ1n) is 3.86. The van der Waals surface area contributed by atoms with Gasteiger partial charge in [0.2, 0.25) is 0 Å². The number of nitrogens with zero attached hydrogens (tertiary/aromatic N) is 1. The molecular weight excluding hydrogens is 122 g/mol. The summed E-state index contributed by atoms with van der Waals surface area (Å²) in [7, 11) is 2.10. The lowest BCUT2D eigenvalue weighted by molar-refractivity contribution is -0.844. The molecule has 0 aliphatic heterocycles. The number of quaternary nitrogens is 1. The Bertz CT molecular complexity index is 137. The maximum Gasteiger partial charge on any atom is 0.133 e. The van der Waals surface area contributed by atoms with Crippen LogP contribution in [0.3, 0.4) is 0 Å². The summed E-state index contributed by atoms with van der Waals surface area (Å²) in [5.41, 5.74) is 0. The van der Waals surface area contributed by atoms with Crippen molar-refractivity contribution in [3.63, 3.8) is 0 Å². The molecule has 0 aliphatic rings. The zero-order chi connectivity index (χ0) is 8.20. The summed E-state index contributed by atoms with van der Waals surface area (Å²) in [4.78, 5) is 0. The molecule has 1 nitrogen and oxygen atoms in total. The molecule has 0 aromatic carbocycles. The molecule has 10 heavy (non-hydrogen) atoms. The van der Waals surface area contributed by atoms with E-state index in [0.29, 0.717) is 5.92 Å². The summed E-state index contributed by atoms with van der Waals surface area (Å²) < 4.78 is 0.748. The van der Waals surface area contributed by atoms with Gasteiger partial charge in [-0.15, -0.1) is 0 Å². The highest BCUT2D eigenvalue weighted by atomic mass is 15.3. The summed E-state index contributed by atoms with van der Waals surface area (Å²) in [5.74, 6) is 0.681. The van der Waals surface area contributed by atoms with Crippen LogP contribution in [0.5, 0.6) is 0 Å². The van der Waals surface area contributed by atoms with Crippen LogP contribution in [0.4, 0.5) is 0 Å². The quantitative estimate of drug-likeness (QED) is 0.417. The van der Waals surface area contributed by atoms with E-state index in [4.69, 9.17) is 6.42 Å². The van der Waals surface area contributed by atoms with Gasteiger partial charge in [0.15, 0.2) is 0 Å². The summed E-state index contributed by atoms with van der Waals surface area (Å²) in [6.45, 7) is 8.62. The Labute approximate surface area is 66.1 Å². The molecule has 1 atom stereocenters. The minimum Gasteiger partial charge on any atom is -0.249 e. The van der Waals surface area contributed by atoms with E-state index in [1.165, 1.54) is 0 Å². The van der Waals surface area contributed by atoms with Gasteiger partial charge in [-0.3, -0.25) is 0 Å². The second-order valence-corrected chi connectivity index (χ2v) is 3.42. The minimum atomic E-state index is 0. The fourth-order valence-corrected chi connectivity index (χ4v) is 1.08. The van der Waals surface area contributed by atoms with Gasteiger partial charge in [-0.1, -0.05) is 20.3 Å². The van der Waals surface area contributed by atoms with Crippen molar-refractivity contribution in [1.29, 1.82) is 0 Å². The van der Waals surface area contributed by atoms with Gasteiger partial charge < -0.3 is 0 Å². The van der Waals surface area contributed by atoms with Gasteiger partial charge in [-0.25, -0.2) is 4.48 Å². The first-order chi connectivity index (χ1) is 4.54. The number of rotatable bonds is 3. The molecule has 0 amide bonds. The Morgan fingerprint density at radius 3 is 2.20 bits per heavy atom. The largest absolute Gasteiger partial charge is 0.249 e. The Hall–Kier alpha value is -0.480. The molecule has 60 valence electrons. The third kappa shape index (κ3) is 2.89. The fraction of sp³-hybridized carbons (Fsp3) is 0.778. The van der Waals surface area contributed by atoms with Crippen LogP contribution < -0.4 is 0 Å². The van der Waals surface area contributed by atoms with Gasteiger partial charge in [-0.2, -0.15) is 0 Å². The molecule has 0 aromatic rings. The Kier molecular flexibility index (Phi) is 3.46. The van der Waals surface area contributed by atoms with Crippen molar-refractivity contribution in [2.24, 2.45) is 5.92 Å². The molecule has 0 aliphatic carbocycles. The maximum atomic E-state index is 5.39. The molecular formula is C9H20N+. The first-order valence-corrected chi connectivity index (χ1v) is 3.86. The number of terminal acetylenes is 1. The standard InChI is InChI=1S/C9H18N.H2/c1-6-10(5,7-2)8-9(3)4;/h1,9H,7-8H2,2-5H3;1H/q+1;. The van der Waals surface area contributed by atoms with Crippen LogP contribution in [0.2, 0.25) is 0 Å². The molecule has 0 aromatic heterocycles. The number of hydrogen-bond acceptors (Lipinski definition) is 0. The van der Waals surface area contributed by atoms with Crippen molar-refractivity contribution >= 4 is 0 Å². The molecule has 0 saturated heterocycles. The lowest BCUT2D eigenvalue weighted by atomic mass is 10.2. The monoisotopic (exact) mass is 142 g/mol. The molecule has 0 fully saturated rings. The van der Waals surface area contributed by atoms with E-state index in [0.717, 1.165) is 17.6 Å². The lowest BCUT2D eigenvalue weighted by Gasteiger charge is -2.26. The zero-order valence-corrected chi connectivity index (χ0v) is 7.52. The Balaban J connectivity index is 0. The maximum absolute atomic E-state index is 5.39. The van der Waals surface area contributed by atoms with Crippen LogP contribution in [0.25, 0.3) is 0 Å². The predicted molar refractivity (Wildman–Crippen MR) is 47.4 cm³/mol. The second kappa shape index (κ2) is 3.63. The predicted octanol–water partition coefficient (Wildman–Crippen LogP) is 1.95. The van der Waals surface area contributed by atoms with Crippen LogP contribution >= 0.6 is 0 Å². The van der Waals surface area contributed by atoms with Crippen LogP contribution in [0.15, 0.2) is 0 Å². The second-order valence-electron chi connectivity index (χ2n) is 3.42. The molecule has 0 radical (unpaired) electrons. The van der Waals surface area contributed by atoms with Gasteiger partial charge in [0, 0.05) is 7.34 Å². The van der Waals surface area contributed by atoms with Gasteiger partial charge in [0.1, 0.15) is 6.04 Å². The highest BCUT2D eigenvalue weighted by molar-refractivity contribution is 4.71. The van der Waals surface area contributed by atoms with Crippen molar-refractivity contribution in [3.8, 4) is 12.5 Å². The van der Waals surface area contributed by atoms with Gasteiger partial charge in [0.25, 0.3) is 0 Å². The van der Waals surface area contributed by atoms with Crippen LogP contribution in [0, 0.1) is 18.4 Å². The van der Waals surface area contributed by atoms with Crippen molar-refractivity contribution < 1.29 is 5.91 Å². The molecule has 0 heterocycles. The van der Waals surface area contributed by atoms with Crippen molar-refractivity contribution in [1.82, 2.24) is 0 Å². The summed E-state index contributed by atoms with van der Waals surface area (Å²) >= 11 is 0. The third-order valence-corrected chi connectivity index (χ3v) is 1.78. The average molecular weight is 142 g/mol. The van der Waals surface area contributed by atoms with E-state index >= 15 is 0 Å². The van der Waals surface area contributed by atoms with E-state index < -0.39 is 0 Å². The Morgan fingerprint density at radius 1 is 1.60 bits per heavy atom. The zero-order valence-electron chi connectivity index (χ0n) is 7.52. The minimum absolute atomic E-state index is 0. The van der Waals surface area contributed by atoms with Gasteiger partial charge in [0.05, 0.1) is 20.1 Å². The van der Waals surface area contributed by atoms with Gasteiger partial charge in [-0.05, 0) is 6.92 Å². The van der Waals surface area contributed by atoms with E-state index in [1.54, 1.807) is 0 Å². The SMILES string of the molecule is C#C[N+](C)(CC)CC(C)C.[HH]. The normalized spacial score (nSPS) is 16.4. The highest BCUT2D eigenvalue weighted by Gasteiger charge is 2.17. The van der Waals surface area contributed by atoms with Crippen LogP contribution in [-0.4, -0.2) is 24.6 Å². The molecule has 0 saturated carbocycles. The molecule has 0 spiro atoms. The van der Waals surface area contributed by atoms with E-state index in [-0.39, 0.29) is 1.43 Å². The van der Waals surface area contributed by atoms with Crippen molar-refractivity contribution in [2.45, 2.75) is 20.8 Å². The van der Waals surface area contributed by atoms with Crippen LogP contribution in [0.1, 0.15) is 22.2 Å². The molecule has 0 rings (SSSR count).